The fourth-order valence-electron chi connectivity index (χ4n) is 1.50. The van der Waals surface area contributed by atoms with Gasteiger partial charge in [0.2, 0.25) is 10.0 Å². The maximum Gasteiger partial charge on any atom is 0.337 e. The lowest BCUT2D eigenvalue weighted by atomic mass is 10.2. The summed E-state index contributed by atoms with van der Waals surface area (Å²) < 4.78 is 30.9. The van der Waals surface area contributed by atoms with E-state index in [0.717, 1.165) is 0 Å². The summed E-state index contributed by atoms with van der Waals surface area (Å²) in [5.41, 5.74) is 5.76. The number of rotatable bonds is 5. The van der Waals surface area contributed by atoms with Crippen LogP contribution in [0.5, 0.6) is 0 Å². The Hall–Kier alpha value is -0.670. The van der Waals surface area contributed by atoms with E-state index in [0.29, 0.717) is 4.47 Å². The molecule has 0 fully saturated rings. The number of hydrogen-bond donors (Lipinski definition) is 1. The molecule has 0 radical (unpaired) electrons. The molecule has 0 heterocycles. The zero-order chi connectivity index (χ0) is 15.5. The number of carbonyl (C=O) groups excluding carboxylic acids is 1. The summed E-state index contributed by atoms with van der Waals surface area (Å²) in [5, 5.41) is 0. The summed E-state index contributed by atoms with van der Waals surface area (Å²) in [6.45, 7) is 1.93. The molecule has 120 valence electrons. The van der Waals surface area contributed by atoms with E-state index in [-0.39, 0.29) is 35.5 Å². The Labute approximate surface area is 139 Å². The first kappa shape index (κ1) is 20.3. The molecule has 0 spiro atoms. The van der Waals surface area contributed by atoms with E-state index in [2.05, 4.69) is 20.7 Å². The van der Waals surface area contributed by atoms with Crippen LogP contribution in [-0.4, -0.2) is 45.4 Å². The molecule has 9 heteroatoms. The molecule has 21 heavy (non-hydrogen) atoms. The van der Waals surface area contributed by atoms with Gasteiger partial charge in [-0.1, -0.05) is 0 Å². The van der Waals surface area contributed by atoms with Gasteiger partial charge in [0.15, 0.2) is 0 Å². The first-order valence-electron chi connectivity index (χ1n) is 5.81. The highest BCUT2D eigenvalue weighted by molar-refractivity contribution is 9.10. The molecule has 1 unspecified atom stereocenters. The molecule has 0 saturated heterocycles. The van der Waals surface area contributed by atoms with Crippen LogP contribution in [0, 0.1) is 0 Å². The number of hydrogen-bond acceptors (Lipinski definition) is 5. The van der Waals surface area contributed by atoms with E-state index in [4.69, 9.17) is 5.73 Å². The van der Waals surface area contributed by atoms with Crippen molar-refractivity contribution in [2.24, 2.45) is 5.73 Å². The van der Waals surface area contributed by atoms with Crippen molar-refractivity contribution in [3.05, 3.63) is 28.2 Å². The molecule has 0 saturated carbocycles. The molecule has 0 aromatic heterocycles. The maximum atomic E-state index is 12.4. The lowest BCUT2D eigenvalue weighted by molar-refractivity contribution is 0.0600. The van der Waals surface area contributed by atoms with Crippen LogP contribution in [-0.2, 0) is 14.8 Å². The number of likely N-dealkylation sites (N-methyl/N-ethyl adjacent to an activating group) is 1. The van der Waals surface area contributed by atoms with Gasteiger partial charge in [0.05, 0.1) is 17.6 Å². The Kier molecular flexibility index (Phi) is 7.83. The Morgan fingerprint density at radius 3 is 2.48 bits per heavy atom. The number of halogens is 2. The van der Waals surface area contributed by atoms with Gasteiger partial charge in [-0.05, 0) is 41.1 Å². The van der Waals surface area contributed by atoms with Crippen LogP contribution in [0.25, 0.3) is 0 Å². The summed E-state index contributed by atoms with van der Waals surface area (Å²) in [6.07, 6.45) is 0. The third-order valence-electron chi connectivity index (χ3n) is 2.97. The number of ether oxygens (including phenoxy) is 1. The van der Waals surface area contributed by atoms with E-state index in [1.54, 1.807) is 6.92 Å². The predicted molar refractivity (Wildman–Crippen MR) is 86.2 cm³/mol. The second-order valence-corrected chi connectivity index (χ2v) is 7.06. The van der Waals surface area contributed by atoms with Crippen molar-refractivity contribution in [1.29, 1.82) is 0 Å². The van der Waals surface area contributed by atoms with Crippen LogP contribution in [0.1, 0.15) is 17.3 Å². The van der Waals surface area contributed by atoms with Gasteiger partial charge < -0.3 is 10.5 Å². The third kappa shape index (κ3) is 4.40. The third-order valence-corrected chi connectivity index (χ3v) is 5.92. The average molecular weight is 402 g/mol. The van der Waals surface area contributed by atoms with Gasteiger partial charge in [-0.25, -0.2) is 13.2 Å². The van der Waals surface area contributed by atoms with E-state index in [9.17, 15) is 13.2 Å². The van der Waals surface area contributed by atoms with Gasteiger partial charge in [0.25, 0.3) is 0 Å². The van der Waals surface area contributed by atoms with E-state index in [1.165, 1.54) is 36.7 Å². The molecule has 6 nitrogen and oxygen atoms in total. The van der Waals surface area contributed by atoms with E-state index < -0.39 is 16.0 Å². The second kappa shape index (κ2) is 8.09. The SMILES string of the molecule is COC(=O)c1ccc(S(=O)(=O)N(C)C(C)CN)c(Br)c1.Cl. The van der Waals surface area contributed by atoms with Crippen molar-refractivity contribution in [1.82, 2.24) is 4.31 Å². The largest absolute Gasteiger partial charge is 0.465 e. The predicted octanol–water partition coefficient (Wildman–Crippen LogP) is 1.63. The normalized spacial score (nSPS) is 12.7. The molecule has 1 rings (SSSR count). The van der Waals surface area contributed by atoms with Crippen molar-refractivity contribution < 1.29 is 17.9 Å². The Morgan fingerprint density at radius 1 is 1.48 bits per heavy atom. The molecule has 1 aromatic rings. The van der Waals surface area contributed by atoms with Crippen LogP contribution < -0.4 is 5.73 Å². The molecule has 2 N–H and O–H groups in total. The highest BCUT2D eigenvalue weighted by atomic mass is 79.9. The summed E-state index contributed by atoms with van der Waals surface area (Å²) >= 11 is 3.17. The Balaban J connectivity index is 0.00000400. The number of nitrogens with two attached hydrogens (primary N) is 1. The number of esters is 1. The minimum Gasteiger partial charge on any atom is -0.465 e. The van der Waals surface area contributed by atoms with E-state index in [1.807, 2.05) is 0 Å². The second-order valence-electron chi connectivity index (χ2n) is 4.24. The molecular weight excluding hydrogens is 384 g/mol. The summed E-state index contributed by atoms with van der Waals surface area (Å²) in [7, 11) is -0.949. The Morgan fingerprint density at radius 2 is 2.05 bits per heavy atom. The van der Waals surface area contributed by atoms with Crippen LogP contribution in [0.15, 0.2) is 27.6 Å². The monoisotopic (exact) mass is 400 g/mol. The number of nitrogens with zero attached hydrogens (tertiary/aromatic N) is 1. The van der Waals surface area contributed by atoms with Gasteiger partial charge in [-0.15, -0.1) is 12.4 Å². The van der Waals surface area contributed by atoms with Crippen LogP contribution in [0.3, 0.4) is 0 Å². The molecule has 0 bridgehead atoms. The van der Waals surface area contributed by atoms with Crippen molar-refractivity contribution in [3.8, 4) is 0 Å². The van der Waals surface area contributed by atoms with Crippen molar-refractivity contribution >= 4 is 44.3 Å². The summed E-state index contributed by atoms with van der Waals surface area (Å²) in [6, 6.07) is 3.86. The first-order valence-corrected chi connectivity index (χ1v) is 8.05. The lowest BCUT2D eigenvalue weighted by Gasteiger charge is -2.23. The minimum absolute atomic E-state index is 0. The standard InChI is InChI=1S/C12H17BrN2O4S.ClH/c1-8(7-14)15(2)20(17,18)11-5-4-9(6-10(11)13)12(16)19-3;/h4-6,8H,7,14H2,1-3H3;1H. The quantitative estimate of drug-likeness (QED) is 0.757. The molecule has 0 aliphatic rings. The molecule has 1 aromatic carbocycles. The number of methoxy groups -OCH3 is 1. The fourth-order valence-corrected chi connectivity index (χ4v) is 3.90. The van der Waals surface area contributed by atoms with Gasteiger partial charge in [-0.3, -0.25) is 0 Å². The van der Waals surface area contributed by atoms with Crippen molar-refractivity contribution in [2.45, 2.75) is 17.9 Å². The van der Waals surface area contributed by atoms with Crippen molar-refractivity contribution in [3.63, 3.8) is 0 Å². The zero-order valence-electron chi connectivity index (χ0n) is 11.9. The molecular formula is C12H18BrClN2O4S. The van der Waals surface area contributed by atoms with Gasteiger partial charge in [0, 0.05) is 24.1 Å². The topological polar surface area (TPSA) is 89.7 Å². The van der Waals surface area contributed by atoms with Crippen LogP contribution in [0.4, 0.5) is 0 Å². The van der Waals surface area contributed by atoms with Crippen molar-refractivity contribution in [2.75, 3.05) is 20.7 Å². The number of benzene rings is 1. The summed E-state index contributed by atoms with van der Waals surface area (Å²) in [5.74, 6) is -0.529. The fraction of sp³-hybridized carbons (Fsp3) is 0.417. The zero-order valence-corrected chi connectivity index (χ0v) is 15.1. The smallest absolute Gasteiger partial charge is 0.337 e. The average Bonchev–Trinajstić information content (AvgIpc) is 2.44. The minimum atomic E-state index is -3.68. The van der Waals surface area contributed by atoms with Crippen LogP contribution >= 0.6 is 28.3 Å². The molecule has 0 amide bonds. The van der Waals surface area contributed by atoms with E-state index >= 15 is 0 Å². The van der Waals surface area contributed by atoms with Gasteiger partial charge >= 0.3 is 5.97 Å². The Bertz CT molecular complexity index is 609. The number of sulfonamides is 1. The first-order chi connectivity index (χ1) is 9.25. The van der Waals surface area contributed by atoms with Gasteiger partial charge in [-0.2, -0.15) is 4.31 Å². The molecule has 0 aliphatic heterocycles. The highest BCUT2D eigenvalue weighted by Crippen LogP contribution is 2.26. The highest BCUT2D eigenvalue weighted by Gasteiger charge is 2.27. The lowest BCUT2D eigenvalue weighted by Crippen LogP contribution is -2.39. The molecule has 0 aliphatic carbocycles. The van der Waals surface area contributed by atoms with Crippen LogP contribution in [0.2, 0.25) is 0 Å². The number of carbonyl (C=O) groups is 1. The summed E-state index contributed by atoms with van der Waals surface area (Å²) in [4.78, 5) is 11.5. The molecule has 1 atom stereocenters. The van der Waals surface area contributed by atoms with Gasteiger partial charge in [0.1, 0.15) is 0 Å². The maximum absolute atomic E-state index is 12.4.